The molecule has 0 amide bonds. The predicted molar refractivity (Wildman–Crippen MR) is 204 cm³/mol. The minimum atomic E-state index is -2.95. The van der Waals surface area contributed by atoms with Gasteiger partial charge in [0.2, 0.25) is 0 Å². The summed E-state index contributed by atoms with van der Waals surface area (Å²) in [5.74, 6) is 0. The van der Waals surface area contributed by atoms with E-state index in [-0.39, 0.29) is 0 Å². The molecule has 0 aliphatic carbocycles. The second-order valence-electron chi connectivity index (χ2n) is 9.48. The highest BCUT2D eigenvalue weighted by Crippen LogP contribution is 2.77. The fraction of sp³-hybridized carbons (Fsp3) is 0.500. The SMILES string of the molecule is C=COCCC=N[P+]1(N=CCCOC=C)N[P+](N=CCCOC=C)(NCCCOC=C)N[P+](NCCCOC=C)(NCCCOC=C)N1. The third-order valence-electron chi connectivity index (χ3n) is 5.78. The number of nitrogens with one attached hydrogen (secondary N) is 6. The smallest absolute Gasteiger partial charge is 0.469 e. The van der Waals surface area contributed by atoms with Crippen LogP contribution < -0.4 is 29.8 Å². The van der Waals surface area contributed by atoms with Crippen molar-refractivity contribution in [2.75, 3.05) is 59.3 Å². The maximum Gasteiger partial charge on any atom is 0.469 e. The summed E-state index contributed by atoms with van der Waals surface area (Å²) in [4.78, 5) is 11.4. The van der Waals surface area contributed by atoms with E-state index in [1.54, 1.807) is 0 Å². The summed E-state index contributed by atoms with van der Waals surface area (Å²) in [5.41, 5.74) is 0. The minimum absolute atomic E-state index is 0.425. The quantitative estimate of drug-likeness (QED) is 0.0200. The molecule has 0 aromatic heterocycles. The molecule has 0 aromatic carbocycles. The number of hydrogen-bond donors (Lipinski definition) is 6. The first-order valence-electron chi connectivity index (χ1n) is 15.8. The molecule has 1 atom stereocenters. The number of nitrogens with zero attached hydrogens (tertiary/aromatic N) is 3. The van der Waals surface area contributed by atoms with Crippen molar-refractivity contribution in [1.29, 1.82) is 0 Å². The third-order valence-corrected chi connectivity index (χ3v) is 16.3. The van der Waals surface area contributed by atoms with E-state index in [9.17, 15) is 0 Å². The van der Waals surface area contributed by atoms with Crippen LogP contribution >= 0.6 is 23.6 Å². The number of rotatable bonds is 33. The molecule has 1 fully saturated rings. The molecule has 0 aromatic rings. The van der Waals surface area contributed by atoms with E-state index in [1.165, 1.54) is 37.6 Å². The lowest BCUT2D eigenvalue weighted by Gasteiger charge is -2.35. The van der Waals surface area contributed by atoms with Gasteiger partial charge in [-0.2, -0.15) is 0 Å². The Balaban J connectivity index is 3.71. The maximum absolute atomic E-state index is 5.40. The lowest BCUT2D eigenvalue weighted by atomic mass is 10.5. The molecule has 1 aliphatic heterocycles. The van der Waals surface area contributed by atoms with Gasteiger partial charge < -0.3 is 28.4 Å². The van der Waals surface area contributed by atoms with Gasteiger partial charge >= 0.3 is 23.6 Å². The van der Waals surface area contributed by atoms with E-state index in [2.05, 4.69) is 69.3 Å². The van der Waals surface area contributed by atoms with E-state index < -0.39 is 23.6 Å². The molecule has 270 valence electrons. The molecule has 1 rings (SSSR count). The standard InChI is InChI=1S/C30H57N9O6P3/c1-7-40-25-13-19-31-46(32-20-14-26-41-8-2)37-47(33-21-15-27-42-9-3,34-22-16-28-43-10-4)39-48(38-46,35-23-17-29-44-11-5)36-24-18-30-45-12-6/h7-12,19-21,34-39H,1-6,13-18,22-30H2/q+3. The van der Waals surface area contributed by atoms with Gasteiger partial charge in [-0.15, -0.1) is 15.3 Å². The number of hydrogen-bond acceptors (Lipinski definition) is 15. The molecule has 0 spiro atoms. The number of ether oxygens (including phenoxy) is 6. The average molecular weight is 733 g/mol. The molecule has 1 saturated heterocycles. The maximum atomic E-state index is 5.40. The Morgan fingerprint density at radius 1 is 0.458 bits per heavy atom. The highest BCUT2D eigenvalue weighted by atomic mass is 31.3. The summed E-state index contributed by atoms with van der Waals surface area (Å²) in [5, 5.41) is 11.2. The molecule has 0 radical (unpaired) electrons. The van der Waals surface area contributed by atoms with Crippen molar-refractivity contribution in [3.63, 3.8) is 0 Å². The molecule has 1 aliphatic rings. The predicted octanol–water partition coefficient (Wildman–Crippen LogP) is 6.08. The van der Waals surface area contributed by atoms with Crippen LogP contribution in [-0.4, -0.2) is 77.9 Å². The summed E-state index contributed by atoms with van der Waals surface area (Å²) >= 11 is 0. The summed E-state index contributed by atoms with van der Waals surface area (Å²) in [6, 6.07) is 0. The lowest BCUT2D eigenvalue weighted by molar-refractivity contribution is 0.246. The molecule has 0 bridgehead atoms. The van der Waals surface area contributed by atoms with Crippen LogP contribution in [0.3, 0.4) is 0 Å². The van der Waals surface area contributed by atoms with Crippen LogP contribution in [0.2, 0.25) is 0 Å². The molecule has 1 unspecified atom stereocenters. The van der Waals surface area contributed by atoms with Crippen molar-refractivity contribution in [3.05, 3.63) is 77.0 Å². The van der Waals surface area contributed by atoms with Gasteiger partial charge in [0, 0.05) is 48.6 Å². The fourth-order valence-electron chi connectivity index (χ4n) is 3.78. The third kappa shape index (κ3) is 19.3. The van der Waals surface area contributed by atoms with Crippen LogP contribution in [-0.2, 0) is 28.4 Å². The molecule has 18 heteroatoms. The summed E-state index contributed by atoms with van der Waals surface area (Å²) in [6.07, 6.45) is 17.9. The highest BCUT2D eigenvalue weighted by Gasteiger charge is 2.73. The van der Waals surface area contributed by atoms with Crippen LogP contribution in [0.5, 0.6) is 0 Å². The van der Waals surface area contributed by atoms with Gasteiger partial charge in [-0.1, -0.05) is 53.8 Å². The van der Waals surface area contributed by atoms with Crippen LogP contribution in [0.15, 0.2) is 91.3 Å². The van der Waals surface area contributed by atoms with E-state index in [0.717, 1.165) is 12.8 Å². The first-order chi connectivity index (χ1) is 23.5. The first kappa shape index (κ1) is 43.3. The van der Waals surface area contributed by atoms with Crippen LogP contribution in [0.25, 0.3) is 0 Å². The zero-order valence-electron chi connectivity index (χ0n) is 28.2. The van der Waals surface area contributed by atoms with Crippen LogP contribution in [0.4, 0.5) is 0 Å². The van der Waals surface area contributed by atoms with Crippen molar-refractivity contribution < 1.29 is 28.4 Å². The Morgan fingerprint density at radius 3 is 1.25 bits per heavy atom. The Bertz CT molecular complexity index is 983. The van der Waals surface area contributed by atoms with Crippen molar-refractivity contribution >= 4 is 42.2 Å². The van der Waals surface area contributed by atoms with Gasteiger partial charge in [-0.05, 0) is 19.3 Å². The average Bonchev–Trinajstić information content (AvgIpc) is 3.08. The minimum Gasteiger partial charge on any atom is -0.502 e. The molecule has 0 saturated carbocycles. The van der Waals surface area contributed by atoms with Crippen molar-refractivity contribution in [3.8, 4) is 0 Å². The van der Waals surface area contributed by atoms with E-state index in [4.69, 9.17) is 42.7 Å². The van der Waals surface area contributed by atoms with Gasteiger partial charge in [-0.25, -0.2) is 0 Å². The summed E-state index contributed by atoms with van der Waals surface area (Å²) in [6.45, 7) is 26.4. The summed E-state index contributed by atoms with van der Waals surface area (Å²) in [7, 11) is -8.48. The Morgan fingerprint density at radius 2 is 0.833 bits per heavy atom. The first-order valence-corrected chi connectivity index (χ1v) is 21.0. The van der Waals surface area contributed by atoms with Crippen molar-refractivity contribution in [1.82, 2.24) is 29.8 Å². The van der Waals surface area contributed by atoms with Gasteiger partial charge in [0.25, 0.3) is 0 Å². The topological polar surface area (TPSA) is 165 Å². The van der Waals surface area contributed by atoms with E-state index >= 15 is 0 Å². The zero-order valence-corrected chi connectivity index (χ0v) is 30.9. The van der Waals surface area contributed by atoms with Crippen molar-refractivity contribution in [2.45, 2.75) is 38.5 Å². The fourth-order valence-corrected chi connectivity index (χ4v) is 16.3. The summed E-state index contributed by atoms with van der Waals surface area (Å²) < 4.78 is 47.6. The van der Waals surface area contributed by atoms with Crippen molar-refractivity contribution in [2.24, 2.45) is 14.3 Å². The molecule has 6 N–H and O–H groups in total. The highest BCUT2D eigenvalue weighted by molar-refractivity contribution is 7.98. The Kier molecular flexibility index (Phi) is 25.4. The van der Waals surface area contributed by atoms with E-state index in [1.807, 2.05) is 18.6 Å². The largest absolute Gasteiger partial charge is 0.502 e. The second-order valence-corrected chi connectivity index (χ2v) is 17.3. The molecular weight excluding hydrogens is 675 g/mol. The molecule has 15 nitrogen and oxygen atoms in total. The Hall–Kier alpha value is -2.70. The monoisotopic (exact) mass is 732 g/mol. The zero-order chi connectivity index (χ0) is 35.1. The molecule has 1 heterocycles. The van der Waals surface area contributed by atoms with Gasteiger partial charge in [0.1, 0.15) is 0 Å². The second kappa shape index (κ2) is 28.2. The lowest BCUT2D eigenvalue weighted by Crippen LogP contribution is -2.54. The van der Waals surface area contributed by atoms with E-state index in [0.29, 0.717) is 85.0 Å². The molecule has 48 heavy (non-hydrogen) atoms. The van der Waals surface area contributed by atoms with Crippen LogP contribution in [0.1, 0.15) is 38.5 Å². The Labute approximate surface area is 289 Å². The van der Waals surface area contributed by atoms with Gasteiger partial charge in [0.05, 0.1) is 101 Å². The van der Waals surface area contributed by atoms with Gasteiger partial charge in [-0.3, -0.25) is 0 Å². The van der Waals surface area contributed by atoms with Gasteiger partial charge in [0.15, 0.2) is 0 Å². The normalized spacial score (nSPS) is 20.2. The van der Waals surface area contributed by atoms with Crippen LogP contribution in [0, 0.1) is 0 Å². The molecular formula is C30H57N9O6P3+3.